The molecule has 5 heteroatoms. The molecule has 0 radical (unpaired) electrons. The third-order valence-corrected chi connectivity index (χ3v) is 5.33. The van der Waals surface area contributed by atoms with Gasteiger partial charge in [-0.1, -0.05) is 6.42 Å². The average molecular weight is 306 g/mol. The standard InChI is InChI=1S/C16H22N2O2S/c19-16(20)5-4-13-9-15(21-12-13)11-17-7-8-18-6-2-1-3-14(18)10-17/h4-5,9,12,14H,1-3,6-8,10-11H2,(H,19,20)/b5-4+. The second kappa shape index (κ2) is 6.73. The topological polar surface area (TPSA) is 43.8 Å². The summed E-state index contributed by atoms with van der Waals surface area (Å²) in [6.07, 6.45) is 6.94. The summed E-state index contributed by atoms with van der Waals surface area (Å²) in [5, 5.41) is 10.7. The molecule has 1 N–H and O–H groups in total. The number of nitrogens with zero attached hydrogens (tertiary/aromatic N) is 2. The first kappa shape index (κ1) is 14.8. The Morgan fingerprint density at radius 3 is 3.14 bits per heavy atom. The molecule has 2 saturated heterocycles. The molecule has 2 fully saturated rings. The highest BCUT2D eigenvalue weighted by Crippen LogP contribution is 2.24. The zero-order valence-electron chi connectivity index (χ0n) is 12.2. The molecule has 3 heterocycles. The van der Waals surface area contributed by atoms with E-state index in [1.807, 2.05) is 5.38 Å². The van der Waals surface area contributed by atoms with Gasteiger partial charge in [0.25, 0.3) is 0 Å². The molecule has 0 amide bonds. The Balaban J connectivity index is 1.56. The zero-order chi connectivity index (χ0) is 14.7. The van der Waals surface area contributed by atoms with Crippen LogP contribution in [0, 0.1) is 0 Å². The Hall–Kier alpha value is -1.17. The molecule has 0 saturated carbocycles. The maximum Gasteiger partial charge on any atom is 0.328 e. The summed E-state index contributed by atoms with van der Waals surface area (Å²) >= 11 is 1.72. The van der Waals surface area contributed by atoms with Crippen LogP contribution in [0.2, 0.25) is 0 Å². The predicted molar refractivity (Wildman–Crippen MR) is 85.5 cm³/mol. The van der Waals surface area contributed by atoms with E-state index in [0.717, 1.165) is 24.7 Å². The van der Waals surface area contributed by atoms with E-state index >= 15 is 0 Å². The minimum Gasteiger partial charge on any atom is -0.478 e. The Morgan fingerprint density at radius 2 is 2.29 bits per heavy atom. The third kappa shape index (κ3) is 3.93. The first-order chi connectivity index (χ1) is 10.2. The van der Waals surface area contributed by atoms with Gasteiger partial charge in [0.05, 0.1) is 0 Å². The number of piperidine rings is 1. The number of carboxylic acid groups (broad SMARTS) is 1. The number of carboxylic acids is 1. The largest absolute Gasteiger partial charge is 0.478 e. The molecule has 1 aromatic heterocycles. The highest BCUT2D eigenvalue weighted by atomic mass is 32.1. The molecule has 0 bridgehead atoms. The Morgan fingerprint density at radius 1 is 1.38 bits per heavy atom. The molecule has 1 atom stereocenters. The van der Waals surface area contributed by atoms with Crippen LogP contribution >= 0.6 is 11.3 Å². The highest BCUT2D eigenvalue weighted by molar-refractivity contribution is 7.10. The number of aliphatic carboxylic acids is 1. The number of hydrogen-bond donors (Lipinski definition) is 1. The van der Waals surface area contributed by atoms with Gasteiger partial charge < -0.3 is 5.11 Å². The van der Waals surface area contributed by atoms with Gasteiger partial charge in [0.1, 0.15) is 0 Å². The molecule has 114 valence electrons. The first-order valence-electron chi connectivity index (χ1n) is 7.65. The fraction of sp³-hybridized carbons (Fsp3) is 0.562. The van der Waals surface area contributed by atoms with Crippen molar-refractivity contribution in [3.05, 3.63) is 28.0 Å². The molecule has 4 nitrogen and oxygen atoms in total. The summed E-state index contributed by atoms with van der Waals surface area (Å²) in [7, 11) is 0. The van der Waals surface area contributed by atoms with Crippen molar-refractivity contribution in [2.24, 2.45) is 0 Å². The molecule has 2 aliphatic rings. The van der Waals surface area contributed by atoms with Crippen molar-refractivity contribution < 1.29 is 9.90 Å². The lowest BCUT2D eigenvalue weighted by Crippen LogP contribution is -2.54. The minimum atomic E-state index is -0.892. The van der Waals surface area contributed by atoms with Crippen molar-refractivity contribution in [1.29, 1.82) is 0 Å². The van der Waals surface area contributed by atoms with Gasteiger partial charge in [-0.15, -0.1) is 11.3 Å². The van der Waals surface area contributed by atoms with Crippen molar-refractivity contribution in [2.45, 2.75) is 31.8 Å². The van der Waals surface area contributed by atoms with Gasteiger partial charge in [0, 0.05) is 43.2 Å². The number of thiophene rings is 1. The lowest BCUT2D eigenvalue weighted by Gasteiger charge is -2.44. The molecular formula is C16H22N2O2S. The van der Waals surface area contributed by atoms with Crippen LogP contribution in [0.4, 0.5) is 0 Å². The lowest BCUT2D eigenvalue weighted by molar-refractivity contribution is -0.131. The fourth-order valence-electron chi connectivity index (χ4n) is 3.32. The van der Waals surface area contributed by atoms with E-state index in [2.05, 4.69) is 15.9 Å². The van der Waals surface area contributed by atoms with Gasteiger partial charge in [0.15, 0.2) is 0 Å². The zero-order valence-corrected chi connectivity index (χ0v) is 13.0. The SMILES string of the molecule is O=C(O)/C=C/c1csc(CN2CCN3CCCCC3C2)c1. The van der Waals surface area contributed by atoms with Crippen molar-refractivity contribution in [3.63, 3.8) is 0 Å². The van der Waals surface area contributed by atoms with Crippen molar-refractivity contribution in [2.75, 3.05) is 26.2 Å². The van der Waals surface area contributed by atoms with Gasteiger partial charge in [-0.2, -0.15) is 0 Å². The van der Waals surface area contributed by atoms with E-state index in [4.69, 9.17) is 5.11 Å². The van der Waals surface area contributed by atoms with Gasteiger partial charge in [-0.3, -0.25) is 9.80 Å². The molecule has 3 rings (SSSR count). The Bertz CT molecular complexity index is 526. The molecule has 0 spiro atoms. The van der Waals surface area contributed by atoms with Crippen molar-refractivity contribution >= 4 is 23.4 Å². The monoisotopic (exact) mass is 306 g/mol. The first-order valence-corrected chi connectivity index (χ1v) is 8.53. The van der Waals surface area contributed by atoms with Crippen LogP contribution in [0.3, 0.4) is 0 Å². The number of fused-ring (bicyclic) bond motifs is 1. The van der Waals surface area contributed by atoms with E-state index in [-0.39, 0.29) is 0 Å². The van der Waals surface area contributed by atoms with Gasteiger partial charge in [0.2, 0.25) is 0 Å². The summed E-state index contributed by atoms with van der Waals surface area (Å²) in [5.41, 5.74) is 0.994. The summed E-state index contributed by atoms with van der Waals surface area (Å²) in [5.74, 6) is -0.892. The minimum absolute atomic E-state index is 0.749. The van der Waals surface area contributed by atoms with Crippen LogP contribution in [0.15, 0.2) is 17.5 Å². The van der Waals surface area contributed by atoms with Crippen LogP contribution in [0.1, 0.15) is 29.7 Å². The van der Waals surface area contributed by atoms with Crippen molar-refractivity contribution in [1.82, 2.24) is 9.80 Å². The van der Waals surface area contributed by atoms with Gasteiger partial charge in [-0.25, -0.2) is 4.79 Å². The maximum atomic E-state index is 10.5. The third-order valence-electron chi connectivity index (χ3n) is 4.39. The number of carbonyl (C=O) groups is 1. The molecule has 2 aliphatic heterocycles. The Kier molecular flexibility index (Phi) is 4.73. The van der Waals surface area contributed by atoms with Crippen LogP contribution in [0.5, 0.6) is 0 Å². The van der Waals surface area contributed by atoms with Crippen molar-refractivity contribution in [3.8, 4) is 0 Å². The molecule has 1 unspecified atom stereocenters. The highest BCUT2D eigenvalue weighted by Gasteiger charge is 2.28. The van der Waals surface area contributed by atoms with Crippen LogP contribution in [0.25, 0.3) is 6.08 Å². The lowest BCUT2D eigenvalue weighted by atomic mass is 9.99. The summed E-state index contributed by atoms with van der Waals surface area (Å²) < 4.78 is 0. The smallest absolute Gasteiger partial charge is 0.328 e. The number of hydrogen-bond acceptors (Lipinski definition) is 4. The second-order valence-electron chi connectivity index (χ2n) is 5.94. The van der Waals surface area contributed by atoms with E-state index in [0.29, 0.717) is 0 Å². The predicted octanol–water partition coefficient (Wildman–Crippen LogP) is 2.52. The molecular weight excluding hydrogens is 284 g/mol. The summed E-state index contributed by atoms with van der Waals surface area (Å²) in [4.78, 5) is 17.1. The Labute approximate surface area is 129 Å². The second-order valence-corrected chi connectivity index (χ2v) is 6.93. The van der Waals surface area contributed by atoms with E-state index in [1.165, 1.54) is 49.8 Å². The number of piperazine rings is 1. The molecule has 0 aromatic carbocycles. The molecule has 1 aromatic rings. The van der Waals surface area contributed by atoms with E-state index < -0.39 is 5.97 Å². The van der Waals surface area contributed by atoms with Gasteiger partial charge in [-0.05, 0) is 42.5 Å². The number of rotatable bonds is 4. The summed E-state index contributed by atoms with van der Waals surface area (Å²) in [6, 6.07) is 2.86. The fourth-order valence-corrected chi connectivity index (χ4v) is 4.22. The summed E-state index contributed by atoms with van der Waals surface area (Å²) in [6.45, 7) is 5.80. The van der Waals surface area contributed by atoms with Crippen LogP contribution in [-0.2, 0) is 11.3 Å². The van der Waals surface area contributed by atoms with Crippen LogP contribution in [-0.4, -0.2) is 53.1 Å². The average Bonchev–Trinajstić information content (AvgIpc) is 2.92. The normalized spacial score (nSPS) is 24.3. The van der Waals surface area contributed by atoms with E-state index in [9.17, 15) is 4.79 Å². The van der Waals surface area contributed by atoms with Gasteiger partial charge >= 0.3 is 5.97 Å². The quantitative estimate of drug-likeness (QED) is 0.868. The molecule has 21 heavy (non-hydrogen) atoms. The van der Waals surface area contributed by atoms with E-state index in [1.54, 1.807) is 17.4 Å². The molecule has 0 aliphatic carbocycles. The maximum absolute atomic E-state index is 10.5. The van der Waals surface area contributed by atoms with Crippen LogP contribution < -0.4 is 0 Å².